The normalized spacial score (nSPS) is 23.7. The third kappa shape index (κ3) is 3.20. The Morgan fingerprint density at radius 2 is 2.06 bits per heavy atom. The zero-order chi connectivity index (χ0) is 13.1. The molecule has 6 heteroatoms. The Bertz CT molecular complexity index is 492. The first-order valence-electron chi connectivity index (χ1n) is 6.01. The molecule has 98 valence electrons. The lowest BCUT2D eigenvalue weighted by Gasteiger charge is -2.26. The second-order valence-electron chi connectivity index (χ2n) is 4.65. The number of carbonyl (C=O) groups is 1. The van der Waals surface area contributed by atoms with E-state index in [4.69, 9.17) is 5.73 Å². The van der Waals surface area contributed by atoms with E-state index in [0.717, 1.165) is 25.7 Å². The summed E-state index contributed by atoms with van der Waals surface area (Å²) in [5.41, 5.74) is 6.03. The van der Waals surface area contributed by atoms with Crippen molar-refractivity contribution in [2.75, 3.05) is 0 Å². The van der Waals surface area contributed by atoms with Crippen LogP contribution in [-0.4, -0.2) is 23.0 Å². The van der Waals surface area contributed by atoms with Crippen LogP contribution in [0.1, 0.15) is 36.0 Å². The molecule has 5 nitrogen and oxygen atoms in total. The molecule has 1 aliphatic carbocycles. The standard InChI is InChI=1S/C12H16BrN3O2/c13-10-5-7(6-15-12(10)18)11(17)16-9-3-1-8(14)2-4-9/h5-6,8-9H,1-4,14H2,(H,15,18)(H,16,17). The van der Waals surface area contributed by atoms with E-state index in [0.29, 0.717) is 10.0 Å². The van der Waals surface area contributed by atoms with Crippen LogP contribution in [0.3, 0.4) is 0 Å². The summed E-state index contributed by atoms with van der Waals surface area (Å²) in [4.78, 5) is 25.7. The van der Waals surface area contributed by atoms with E-state index < -0.39 is 0 Å². The van der Waals surface area contributed by atoms with Gasteiger partial charge in [-0.25, -0.2) is 0 Å². The van der Waals surface area contributed by atoms with Gasteiger partial charge in [0.15, 0.2) is 0 Å². The number of pyridine rings is 1. The van der Waals surface area contributed by atoms with Gasteiger partial charge in [0.25, 0.3) is 11.5 Å². The topological polar surface area (TPSA) is 88.0 Å². The van der Waals surface area contributed by atoms with Crippen molar-refractivity contribution in [1.29, 1.82) is 0 Å². The highest BCUT2D eigenvalue weighted by Gasteiger charge is 2.20. The van der Waals surface area contributed by atoms with Crippen molar-refractivity contribution in [2.45, 2.75) is 37.8 Å². The Hall–Kier alpha value is -1.14. The van der Waals surface area contributed by atoms with Gasteiger partial charge in [-0.1, -0.05) is 0 Å². The molecule has 1 aromatic heterocycles. The number of carbonyl (C=O) groups excluding carboxylic acids is 1. The fourth-order valence-electron chi connectivity index (χ4n) is 2.12. The van der Waals surface area contributed by atoms with Crippen LogP contribution >= 0.6 is 15.9 Å². The lowest BCUT2D eigenvalue weighted by atomic mass is 9.92. The second kappa shape index (κ2) is 5.67. The van der Waals surface area contributed by atoms with Crippen molar-refractivity contribution in [3.63, 3.8) is 0 Å². The van der Waals surface area contributed by atoms with Gasteiger partial charge in [0.05, 0.1) is 10.0 Å². The van der Waals surface area contributed by atoms with Gasteiger partial charge in [0.2, 0.25) is 0 Å². The van der Waals surface area contributed by atoms with Gasteiger partial charge in [-0.3, -0.25) is 9.59 Å². The number of amides is 1. The molecule has 0 aliphatic heterocycles. The van der Waals surface area contributed by atoms with Gasteiger partial charge in [-0.2, -0.15) is 0 Å². The quantitative estimate of drug-likeness (QED) is 0.765. The Balaban J connectivity index is 1.99. The summed E-state index contributed by atoms with van der Waals surface area (Å²) >= 11 is 3.11. The molecule has 0 aromatic carbocycles. The van der Waals surface area contributed by atoms with Gasteiger partial charge in [0.1, 0.15) is 0 Å². The Morgan fingerprint density at radius 1 is 1.39 bits per heavy atom. The molecule has 1 fully saturated rings. The molecule has 0 bridgehead atoms. The molecule has 1 heterocycles. The third-order valence-corrected chi connectivity index (χ3v) is 3.82. The van der Waals surface area contributed by atoms with E-state index in [2.05, 4.69) is 26.2 Å². The smallest absolute Gasteiger partial charge is 0.262 e. The van der Waals surface area contributed by atoms with Crippen LogP contribution in [0.5, 0.6) is 0 Å². The molecule has 18 heavy (non-hydrogen) atoms. The van der Waals surface area contributed by atoms with Crippen molar-refractivity contribution in [2.24, 2.45) is 5.73 Å². The van der Waals surface area contributed by atoms with Crippen molar-refractivity contribution in [1.82, 2.24) is 10.3 Å². The number of halogens is 1. The number of aromatic nitrogens is 1. The average molecular weight is 314 g/mol. The summed E-state index contributed by atoms with van der Waals surface area (Å²) in [7, 11) is 0. The monoisotopic (exact) mass is 313 g/mol. The number of hydrogen-bond acceptors (Lipinski definition) is 3. The average Bonchev–Trinajstić information content (AvgIpc) is 2.35. The van der Waals surface area contributed by atoms with Gasteiger partial charge < -0.3 is 16.0 Å². The number of hydrogen-bond donors (Lipinski definition) is 3. The molecule has 0 saturated heterocycles. The van der Waals surface area contributed by atoms with E-state index in [9.17, 15) is 9.59 Å². The fourth-order valence-corrected chi connectivity index (χ4v) is 2.48. The minimum absolute atomic E-state index is 0.160. The summed E-state index contributed by atoms with van der Waals surface area (Å²) < 4.78 is 0.362. The Kier molecular flexibility index (Phi) is 4.19. The molecule has 0 atom stereocenters. The maximum absolute atomic E-state index is 12.0. The molecule has 1 aliphatic rings. The highest BCUT2D eigenvalue weighted by molar-refractivity contribution is 9.10. The van der Waals surface area contributed by atoms with E-state index in [1.54, 1.807) is 0 Å². The van der Waals surface area contributed by atoms with Crippen molar-refractivity contribution in [3.05, 3.63) is 32.7 Å². The van der Waals surface area contributed by atoms with Gasteiger partial charge in [-0.15, -0.1) is 0 Å². The first kappa shape index (κ1) is 13.3. The molecule has 1 amide bonds. The highest BCUT2D eigenvalue weighted by Crippen LogP contribution is 2.17. The fraction of sp³-hybridized carbons (Fsp3) is 0.500. The summed E-state index contributed by atoms with van der Waals surface area (Å²) in [6.07, 6.45) is 5.15. The number of rotatable bonds is 2. The van der Waals surface area contributed by atoms with Crippen molar-refractivity contribution >= 4 is 21.8 Å². The second-order valence-corrected chi connectivity index (χ2v) is 5.50. The largest absolute Gasteiger partial charge is 0.349 e. The molecule has 0 spiro atoms. The first-order chi connectivity index (χ1) is 8.56. The van der Waals surface area contributed by atoms with E-state index >= 15 is 0 Å². The minimum Gasteiger partial charge on any atom is -0.349 e. The predicted molar refractivity (Wildman–Crippen MR) is 72.5 cm³/mol. The van der Waals surface area contributed by atoms with Gasteiger partial charge >= 0.3 is 0 Å². The first-order valence-corrected chi connectivity index (χ1v) is 6.80. The van der Waals surface area contributed by atoms with Crippen LogP contribution in [0, 0.1) is 0 Å². The Labute approximate surface area is 113 Å². The molecule has 0 unspecified atom stereocenters. The van der Waals surface area contributed by atoms with Gasteiger partial charge in [0, 0.05) is 18.3 Å². The Morgan fingerprint density at radius 3 is 2.67 bits per heavy atom. The molecular formula is C12H16BrN3O2. The van der Waals surface area contributed by atoms with E-state index in [1.807, 2.05) is 0 Å². The molecule has 4 N–H and O–H groups in total. The molecule has 1 saturated carbocycles. The van der Waals surface area contributed by atoms with Crippen LogP contribution in [0.15, 0.2) is 21.5 Å². The minimum atomic E-state index is -0.241. The maximum atomic E-state index is 12.0. The van der Waals surface area contributed by atoms with Gasteiger partial charge in [-0.05, 0) is 47.7 Å². The van der Waals surface area contributed by atoms with Crippen LogP contribution in [0.4, 0.5) is 0 Å². The lowest BCUT2D eigenvalue weighted by molar-refractivity contribution is 0.0925. The van der Waals surface area contributed by atoms with E-state index in [1.165, 1.54) is 12.3 Å². The van der Waals surface area contributed by atoms with Crippen LogP contribution in [0.2, 0.25) is 0 Å². The summed E-state index contributed by atoms with van der Waals surface area (Å²) in [5, 5.41) is 2.97. The zero-order valence-electron chi connectivity index (χ0n) is 9.91. The third-order valence-electron chi connectivity index (χ3n) is 3.23. The van der Waals surface area contributed by atoms with E-state index in [-0.39, 0.29) is 23.6 Å². The summed E-state index contributed by atoms with van der Waals surface area (Å²) in [6, 6.07) is 1.98. The number of nitrogens with two attached hydrogens (primary N) is 1. The SMILES string of the molecule is NC1CCC(NC(=O)c2c[nH]c(=O)c(Br)c2)CC1. The maximum Gasteiger partial charge on any atom is 0.262 e. The lowest BCUT2D eigenvalue weighted by Crippen LogP contribution is -2.40. The molecule has 1 aromatic rings. The highest BCUT2D eigenvalue weighted by atomic mass is 79.9. The predicted octanol–water partition coefficient (Wildman–Crippen LogP) is 1.14. The molecule has 0 radical (unpaired) electrons. The van der Waals surface area contributed by atoms with Crippen LogP contribution in [0.25, 0.3) is 0 Å². The summed E-state index contributed by atoms with van der Waals surface area (Å²) in [6.45, 7) is 0. The number of aromatic amines is 1. The van der Waals surface area contributed by atoms with Crippen molar-refractivity contribution in [3.8, 4) is 0 Å². The number of H-pyrrole nitrogens is 1. The van der Waals surface area contributed by atoms with Crippen LogP contribution in [-0.2, 0) is 0 Å². The number of nitrogens with one attached hydrogen (secondary N) is 2. The van der Waals surface area contributed by atoms with Crippen molar-refractivity contribution < 1.29 is 4.79 Å². The van der Waals surface area contributed by atoms with Crippen LogP contribution < -0.4 is 16.6 Å². The molecular weight excluding hydrogens is 298 g/mol. The molecule has 2 rings (SSSR count). The zero-order valence-corrected chi connectivity index (χ0v) is 11.5. The summed E-state index contributed by atoms with van der Waals surface area (Å²) in [5.74, 6) is -0.160.